The Balaban J connectivity index is 2.24. The molecule has 1 amide bonds. The van der Waals surface area contributed by atoms with E-state index in [0.29, 0.717) is 13.1 Å². The molecule has 19 heavy (non-hydrogen) atoms. The van der Waals surface area contributed by atoms with Gasteiger partial charge < -0.3 is 15.4 Å². The Kier molecular flexibility index (Phi) is 4.04. The molecule has 104 valence electrons. The van der Waals surface area contributed by atoms with Gasteiger partial charge in [0.05, 0.1) is 7.11 Å². The summed E-state index contributed by atoms with van der Waals surface area (Å²) >= 11 is 0. The van der Waals surface area contributed by atoms with Gasteiger partial charge in [-0.15, -0.1) is 0 Å². The first kappa shape index (κ1) is 13.8. The lowest BCUT2D eigenvalue weighted by molar-refractivity contribution is -0.130. The van der Waals surface area contributed by atoms with Crippen LogP contribution in [-0.2, 0) is 4.79 Å². The predicted molar refractivity (Wildman–Crippen MR) is 70.5 cm³/mol. The van der Waals surface area contributed by atoms with Gasteiger partial charge in [-0.1, -0.05) is 12.1 Å². The van der Waals surface area contributed by atoms with Crippen molar-refractivity contribution in [3.8, 4) is 5.75 Å². The zero-order valence-electron chi connectivity index (χ0n) is 11.2. The summed E-state index contributed by atoms with van der Waals surface area (Å²) in [6.45, 7) is 2.68. The molecule has 0 aliphatic carbocycles. The fourth-order valence-electron chi connectivity index (χ4n) is 2.69. The van der Waals surface area contributed by atoms with Crippen molar-refractivity contribution in [2.45, 2.75) is 25.3 Å². The van der Waals surface area contributed by atoms with E-state index in [-0.39, 0.29) is 29.4 Å². The Hall–Kier alpha value is -1.62. The molecule has 2 unspecified atom stereocenters. The normalized spacial score (nSPS) is 23.3. The van der Waals surface area contributed by atoms with Crippen LogP contribution in [0.5, 0.6) is 5.75 Å². The van der Waals surface area contributed by atoms with Crippen LogP contribution in [-0.4, -0.2) is 37.0 Å². The minimum absolute atomic E-state index is 0.0150. The number of methoxy groups -OCH3 is 1. The molecule has 2 rings (SSSR count). The molecule has 1 saturated heterocycles. The minimum atomic E-state index is -0.374. The molecule has 2 N–H and O–H groups in total. The monoisotopic (exact) mass is 266 g/mol. The average molecular weight is 266 g/mol. The Morgan fingerprint density at radius 2 is 2.26 bits per heavy atom. The highest BCUT2D eigenvalue weighted by atomic mass is 19.1. The van der Waals surface area contributed by atoms with Crippen molar-refractivity contribution < 1.29 is 13.9 Å². The van der Waals surface area contributed by atoms with Crippen LogP contribution in [0.1, 0.15) is 24.8 Å². The number of amides is 1. The second kappa shape index (κ2) is 5.57. The number of hydrogen-bond donors (Lipinski definition) is 1. The molecule has 0 aromatic heterocycles. The average Bonchev–Trinajstić information content (AvgIpc) is 2.38. The predicted octanol–water partition coefficient (Wildman–Crippen LogP) is 1.50. The first-order valence-electron chi connectivity index (χ1n) is 6.38. The Morgan fingerprint density at radius 3 is 2.84 bits per heavy atom. The van der Waals surface area contributed by atoms with Crippen LogP contribution in [0.4, 0.5) is 4.39 Å². The summed E-state index contributed by atoms with van der Waals surface area (Å²) < 4.78 is 18.8. The van der Waals surface area contributed by atoms with Crippen molar-refractivity contribution in [1.82, 2.24) is 4.90 Å². The van der Waals surface area contributed by atoms with Gasteiger partial charge in [-0.05, 0) is 12.5 Å². The standard InChI is InChI=1S/C14H19FN2O2/c1-9(18)17-7-6-10(13(16)8-17)11-4-3-5-12(15)14(11)19-2/h3-5,10,13H,6-8,16H2,1-2H3. The molecule has 5 heteroatoms. The number of likely N-dealkylation sites (tertiary alicyclic amines) is 1. The van der Waals surface area contributed by atoms with Crippen molar-refractivity contribution in [3.05, 3.63) is 29.6 Å². The fourth-order valence-corrected chi connectivity index (χ4v) is 2.69. The van der Waals surface area contributed by atoms with Crippen LogP contribution in [0.2, 0.25) is 0 Å². The van der Waals surface area contributed by atoms with Crippen LogP contribution in [0.15, 0.2) is 18.2 Å². The lowest BCUT2D eigenvalue weighted by Gasteiger charge is -2.37. The van der Waals surface area contributed by atoms with Gasteiger partial charge in [0, 0.05) is 37.5 Å². The number of rotatable bonds is 2. The third-order valence-electron chi connectivity index (χ3n) is 3.70. The van der Waals surface area contributed by atoms with Crippen LogP contribution >= 0.6 is 0 Å². The second-order valence-electron chi connectivity index (χ2n) is 4.89. The van der Waals surface area contributed by atoms with E-state index in [1.54, 1.807) is 11.0 Å². The van der Waals surface area contributed by atoms with Crippen molar-refractivity contribution in [2.24, 2.45) is 5.73 Å². The number of halogens is 1. The molecule has 1 aromatic rings. The van der Waals surface area contributed by atoms with Gasteiger partial charge in [-0.25, -0.2) is 4.39 Å². The molecule has 0 saturated carbocycles. The van der Waals surface area contributed by atoms with E-state index in [0.717, 1.165) is 12.0 Å². The van der Waals surface area contributed by atoms with Gasteiger partial charge in [-0.3, -0.25) is 4.79 Å². The molecule has 1 aliphatic heterocycles. The van der Waals surface area contributed by atoms with Gasteiger partial charge in [-0.2, -0.15) is 0 Å². The second-order valence-corrected chi connectivity index (χ2v) is 4.89. The van der Waals surface area contributed by atoms with Gasteiger partial charge in [0.2, 0.25) is 5.91 Å². The number of piperidine rings is 1. The Bertz CT molecular complexity index is 479. The highest BCUT2D eigenvalue weighted by Gasteiger charge is 2.31. The van der Waals surface area contributed by atoms with E-state index in [1.165, 1.54) is 20.1 Å². The smallest absolute Gasteiger partial charge is 0.219 e. The highest BCUT2D eigenvalue weighted by Crippen LogP contribution is 2.35. The molecule has 0 bridgehead atoms. The lowest BCUT2D eigenvalue weighted by atomic mass is 9.85. The van der Waals surface area contributed by atoms with E-state index in [2.05, 4.69) is 0 Å². The molecule has 1 aliphatic rings. The maximum absolute atomic E-state index is 13.7. The van der Waals surface area contributed by atoms with E-state index < -0.39 is 0 Å². The third kappa shape index (κ3) is 2.71. The lowest BCUT2D eigenvalue weighted by Crippen LogP contribution is -2.49. The van der Waals surface area contributed by atoms with Crippen LogP contribution < -0.4 is 10.5 Å². The molecular weight excluding hydrogens is 247 g/mol. The summed E-state index contributed by atoms with van der Waals surface area (Å²) in [7, 11) is 1.46. The largest absolute Gasteiger partial charge is 0.493 e. The zero-order chi connectivity index (χ0) is 14.0. The summed E-state index contributed by atoms with van der Waals surface area (Å²) in [5.41, 5.74) is 6.93. The molecule has 2 atom stereocenters. The zero-order valence-corrected chi connectivity index (χ0v) is 11.2. The number of ether oxygens (including phenoxy) is 1. The molecule has 1 fully saturated rings. The number of carbonyl (C=O) groups is 1. The number of benzene rings is 1. The number of nitrogens with zero attached hydrogens (tertiary/aromatic N) is 1. The van der Waals surface area contributed by atoms with Crippen molar-refractivity contribution >= 4 is 5.91 Å². The summed E-state index contributed by atoms with van der Waals surface area (Å²) in [4.78, 5) is 13.1. The van der Waals surface area contributed by atoms with Gasteiger partial charge in [0.25, 0.3) is 0 Å². The number of hydrogen-bond acceptors (Lipinski definition) is 3. The van der Waals surface area contributed by atoms with E-state index >= 15 is 0 Å². The first-order valence-corrected chi connectivity index (χ1v) is 6.38. The first-order chi connectivity index (χ1) is 9.04. The molecule has 1 heterocycles. The molecular formula is C14H19FN2O2. The minimum Gasteiger partial charge on any atom is -0.493 e. The summed E-state index contributed by atoms with van der Waals surface area (Å²) in [5.74, 6) is -0.0678. The van der Waals surface area contributed by atoms with Crippen LogP contribution in [0.25, 0.3) is 0 Å². The fraction of sp³-hybridized carbons (Fsp3) is 0.500. The number of carbonyl (C=O) groups excluding carboxylic acids is 1. The van der Waals surface area contributed by atoms with E-state index in [4.69, 9.17) is 10.5 Å². The topological polar surface area (TPSA) is 55.6 Å². The molecule has 1 aromatic carbocycles. The van der Waals surface area contributed by atoms with Gasteiger partial charge in [0.1, 0.15) is 0 Å². The van der Waals surface area contributed by atoms with Crippen LogP contribution in [0, 0.1) is 5.82 Å². The Labute approximate surface area is 112 Å². The van der Waals surface area contributed by atoms with Crippen LogP contribution in [0.3, 0.4) is 0 Å². The molecule has 0 spiro atoms. The quantitative estimate of drug-likeness (QED) is 0.882. The Morgan fingerprint density at radius 1 is 1.53 bits per heavy atom. The molecule has 0 radical (unpaired) electrons. The summed E-state index contributed by atoms with van der Waals surface area (Å²) in [5, 5.41) is 0. The highest BCUT2D eigenvalue weighted by molar-refractivity contribution is 5.73. The maximum Gasteiger partial charge on any atom is 0.219 e. The van der Waals surface area contributed by atoms with E-state index in [9.17, 15) is 9.18 Å². The summed E-state index contributed by atoms with van der Waals surface area (Å²) in [6.07, 6.45) is 0.723. The molecule has 4 nitrogen and oxygen atoms in total. The van der Waals surface area contributed by atoms with Gasteiger partial charge >= 0.3 is 0 Å². The van der Waals surface area contributed by atoms with Gasteiger partial charge in [0.15, 0.2) is 11.6 Å². The maximum atomic E-state index is 13.7. The number of para-hydroxylation sites is 1. The SMILES string of the molecule is COc1c(F)cccc1C1CCN(C(C)=O)CC1N. The van der Waals surface area contributed by atoms with Crippen molar-refractivity contribution in [3.63, 3.8) is 0 Å². The van der Waals surface area contributed by atoms with Crippen molar-refractivity contribution in [2.75, 3.05) is 20.2 Å². The van der Waals surface area contributed by atoms with Crippen molar-refractivity contribution in [1.29, 1.82) is 0 Å². The third-order valence-corrected chi connectivity index (χ3v) is 3.70. The van der Waals surface area contributed by atoms with E-state index in [1.807, 2.05) is 6.07 Å². The summed E-state index contributed by atoms with van der Waals surface area (Å²) in [6, 6.07) is 4.68. The number of nitrogens with two attached hydrogens (primary N) is 1.